The summed E-state index contributed by atoms with van der Waals surface area (Å²) in [6.45, 7) is 0.199. The van der Waals surface area contributed by atoms with Crippen LogP contribution >= 0.6 is 23.2 Å². The lowest BCUT2D eigenvalue weighted by Gasteiger charge is -2.11. The van der Waals surface area contributed by atoms with E-state index in [-0.39, 0.29) is 12.1 Å². The third kappa shape index (κ3) is 2.98. The Morgan fingerprint density at radius 3 is 2.37 bits per heavy atom. The zero-order valence-electron chi connectivity index (χ0n) is 9.75. The molecule has 0 saturated heterocycles. The van der Waals surface area contributed by atoms with E-state index in [2.05, 4.69) is 5.32 Å². The number of rotatable bonds is 3. The number of anilines is 1. The maximum atomic E-state index is 13.8. The smallest absolute Gasteiger partial charge is 0.145 e. The average Bonchev–Trinajstić information content (AvgIpc) is 2.40. The fraction of sp³-hybridized carbons (Fsp3) is 0.0714. The molecule has 0 fully saturated rings. The zero-order chi connectivity index (χ0) is 13.8. The molecule has 0 heterocycles. The first kappa shape index (κ1) is 13.7. The van der Waals surface area contributed by atoms with Gasteiger partial charge in [-0.25, -0.2) is 4.39 Å². The molecule has 0 atom stereocenters. The van der Waals surface area contributed by atoms with Crippen LogP contribution in [0.2, 0.25) is 10.0 Å². The van der Waals surface area contributed by atoms with Gasteiger partial charge in [0.2, 0.25) is 0 Å². The summed E-state index contributed by atoms with van der Waals surface area (Å²) in [6, 6.07) is 11.6. The van der Waals surface area contributed by atoms with Gasteiger partial charge >= 0.3 is 0 Å². The molecule has 0 spiro atoms. The number of benzene rings is 2. The lowest BCUT2D eigenvalue weighted by Crippen LogP contribution is -2.04. The van der Waals surface area contributed by atoms with Crippen LogP contribution in [-0.2, 0) is 6.54 Å². The summed E-state index contributed by atoms with van der Waals surface area (Å²) < 4.78 is 13.8. The summed E-state index contributed by atoms with van der Waals surface area (Å²) in [5.41, 5.74) is 0.951. The van der Waals surface area contributed by atoms with E-state index < -0.39 is 5.82 Å². The molecule has 0 saturated carbocycles. The van der Waals surface area contributed by atoms with Gasteiger partial charge in [-0.3, -0.25) is 0 Å². The molecule has 2 nitrogen and oxygen atoms in total. The molecule has 2 aromatic rings. The van der Waals surface area contributed by atoms with E-state index in [0.717, 1.165) is 0 Å². The number of para-hydroxylation sites is 1. The molecule has 0 aliphatic rings. The minimum absolute atomic E-state index is 0.0181. The van der Waals surface area contributed by atoms with Crippen LogP contribution < -0.4 is 5.32 Å². The lowest BCUT2D eigenvalue weighted by atomic mass is 10.1. The Hall–Kier alpha value is -1.76. The van der Waals surface area contributed by atoms with Crippen molar-refractivity contribution in [2.75, 3.05) is 5.32 Å². The third-order valence-corrected chi connectivity index (χ3v) is 3.25. The first-order chi connectivity index (χ1) is 9.13. The van der Waals surface area contributed by atoms with Crippen LogP contribution in [0.4, 0.5) is 10.1 Å². The zero-order valence-corrected chi connectivity index (χ0v) is 11.3. The van der Waals surface area contributed by atoms with Crippen molar-refractivity contribution < 1.29 is 4.39 Å². The third-order valence-electron chi connectivity index (χ3n) is 2.62. The van der Waals surface area contributed by atoms with Gasteiger partial charge in [0.15, 0.2) is 0 Å². The quantitative estimate of drug-likeness (QED) is 0.897. The van der Waals surface area contributed by atoms with E-state index in [9.17, 15) is 4.39 Å². The average molecular weight is 295 g/mol. The first-order valence-corrected chi connectivity index (χ1v) is 6.24. The summed E-state index contributed by atoms with van der Waals surface area (Å²) in [5.74, 6) is -0.527. The molecular formula is C14H9Cl2FN2. The monoisotopic (exact) mass is 294 g/mol. The molecular weight excluding hydrogens is 286 g/mol. The highest BCUT2D eigenvalue weighted by atomic mass is 35.5. The van der Waals surface area contributed by atoms with Crippen molar-refractivity contribution in [2.24, 2.45) is 0 Å². The van der Waals surface area contributed by atoms with Crippen molar-refractivity contribution in [1.82, 2.24) is 0 Å². The van der Waals surface area contributed by atoms with Crippen molar-refractivity contribution in [3.63, 3.8) is 0 Å². The molecule has 5 heteroatoms. The SMILES string of the molecule is N#Cc1cccc(CNc2c(Cl)cccc2Cl)c1F. The molecule has 1 N–H and O–H groups in total. The van der Waals surface area contributed by atoms with E-state index in [1.54, 1.807) is 36.4 Å². The van der Waals surface area contributed by atoms with Crippen LogP contribution in [0.25, 0.3) is 0 Å². The van der Waals surface area contributed by atoms with E-state index >= 15 is 0 Å². The number of hydrogen-bond donors (Lipinski definition) is 1. The van der Waals surface area contributed by atoms with Crippen LogP contribution in [0, 0.1) is 17.1 Å². The lowest BCUT2D eigenvalue weighted by molar-refractivity contribution is 0.609. The minimum Gasteiger partial charge on any atom is -0.378 e. The highest BCUT2D eigenvalue weighted by Crippen LogP contribution is 2.30. The van der Waals surface area contributed by atoms with Crippen LogP contribution in [-0.4, -0.2) is 0 Å². The minimum atomic E-state index is -0.527. The van der Waals surface area contributed by atoms with Crippen LogP contribution in [0.1, 0.15) is 11.1 Å². The Bertz CT molecular complexity index is 630. The fourth-order valence-electron chi connectivity index (χ4n) is 1.65. The molecule has 0 bridgehead atoms. The number of halogens is 3. The molecule has 0 aliphatic heterocycles. The van der Waals surface area contributed by atoms with Gasteiger partial charge in [0.05, 0.1) is 21.3 Å². The first-order valence-electron chi connectivity index (χ1n) is 5.49. The normalized spacial score (nSPS) is 10.0. The molecule has 0 radical (unpaired) electrons. The van der Waals surface area contributed by atoms with E-state index in [0.29, 0.717) is 21.3 Å². The van der Waals surface area contributed by atoms with E-state index in [1.165, 1.54) is 6.07 Å². The summed E-state index contributed by atoms with van der Waals surface area (Å²) >= 11 is 12.0. The predicted octanol–water partition coefficient (Wildman–Crippen LogP) is 4.62. The van der Waals surface area contributed by atoms with Crippen molar-refractivity contribution in [2.45, 2.75) is 6.54 Å². The van der Waals surface area contributed by atoms with Crippen LogP contribution in [0.15, 0.2) is 36.4 Å². The van der Waals surface area contributed by atoms with Crippen LogP contribution in [0.5, 0.6) is 0 Å². The second-order valence-corrected chi connectivity index (χ2v) is 4.66. The topological polar surface area (TPSA) is 35.8 Å². The van der Waals surface area contributed by atoms with Gasteiger partial charge in [-0.1, -0.05) is 41.4 Å². The highest BCUT2D eigenvalue weighted by Gasteiger charge is 2.09. The Morgan fingerprint density at radius 1 is 1.11 bits per heavy atom. The summed E-state index contributed by atoms with van der Waals surface area (Å²) in [7, 11) is 0. The van der Waals surface area contributed by atoms with Crippen molar-refractivity contribution in [1.29, 1.82) is 5.26 Å². The highest BCUT2D eigenvalue weighted by molar-refractivity contribution is 6.39. The summed E-state index contributed by atoms with van der Waals surface area (Å²) in [5, 5.41) is 12.7. The number of nitrogens with zero attached hydrogens (tertiary/aromatic N) is 1. The molecule has 96 valence electrons. The Morgan fingerprint density at radius 2 is 1.74 bits per heavy atom. The fourth-order valence-corrected chi connectivity index (χ4v) is 2.18. The Labute approximate surface area is 120 Å². The molecule has 0 aliphatic carbocycles. The number of nitrogens with one attached hydrogen (secondary N) is 1. The van der Waals surface area contributed by atoms with E-state index in [1.807, 2.05) is 0 Å². The number of nitriles is 1. The maximum absolute atomic E-state index is 13.8. The van der Waals surface area contributed by atoms with Gasteiger partial charge in [0, 0.05) is 12.1 Å². The Kier molecular flexibility index (Phi) is 4.26. The summed E-state index contributed by atoms with van der Waals surface area (Å²) in [6.07, 6.45) is 0. The summed E-state index contributed by atoms with van der Waals surface area (Å²) in [4.78, 5) is 0. The molecule has 2 aromatic carbocycles. The van der Waals surface area contributed by atoms with Gasteiger partial charge in [0.1, 0.15) is 11.9 Å². The molecule has 0 unspecified atom stereocenters. The Balaban J connectivity index is 2.22. The largest absolute Gasteiger partial charge is 0.378 e. The van der Waals surface area contributed by atoms with Gasteiger partial charge in [-0.05, 0) is 18.2 Å². The van der Waals surface area contributed by atoms with Crippen LogP contribution in [0.3, 0.4) is 0 Å². The standard InChI is InChI=1S/C14H9Cl2FN2/c15-11-5-2-6-12(16)14(11)19-8-10-4-1-3-9(7-18)13(10)17/h1-6,19H,8H2. The van der Waals surface area contributed by atoms with Gasteiger partial charge in [0.25, 0.3) is 0 Å². The second-order valence-electron chi connectivity index (χ2n) is 3.84. The van der Waals surface area contributed by atoms with Gasteiger partial charge < -0.3 is 5.32 Å². The van der Waals surface area contributed by atoms with Gasteiger partial charge in [-0.2, -0.15) is 5.26 Å². The van der Waals surface area contributed by atoms with E-state index in [4.69, 9.17) is 28.5 Å². The molecule has 0 amide bonds. The maximum Gasteiger partial charge on any atom is 0.145 e. The van der Waals surface area contributed by atoms with Crippen molar-refractivity contribution >= 4 is 28.9 Å². The molecule has 19 heavy (non-hydrogen) atoms. The second kappa shape index (κ2) is 5.92. The predicted molar refractivity (Wildman–Crippen MR) is 74.9 cm³/mol. The van der Waals surface area contributed by atoms with Gasteiger partial charge in [-0.15, -0.1) is 0 Å². The van der Waals surface area contributed by atoms with Crippen molar-refractivity contribution in [3.8, 4) is 6.07 Å². The molecule has 2 rings (SSSR count). The molecule has 0 aromatic heterocycles. The number of hydrogen-bond acceptors (Lipinski definition) is 2. The van der Waals surface area contributed by atoms with Crippen molar-refractivity contribution in [3.05, 3.63) is 63.4 Å².